The smallest absolute Gasteiger partial charge is 0.264 e. The molecule has 0 bridgehead atoms. The number of hydrogen-bond donors (Lipinski definition) is 0. The fraction of sp³-hybridized carbons (Fsp3) is 1.00. The molecule has 0 aromatic carbocycles. The van der Waals surface area contributed by atoms with Gasteiger partial charge in [-0.3, -0.25) is 20.2 Å². The van der Waals surface area contributed by atoms with Crippen LogP contribution in [0.4, 0.5) is 0 Å². The molecule has 0 heterocycles. The van der Waals surface area contributed by atoms with Gasteiger partial charge in [0.1, 0.15) is 0 Å². The van der Waals surface area contributed by atoms with Gasteiger partial charge in [0.15, 0.2) is 0 Å². The first kappa shape index (κ1) is 10.9. The summed E-state index contributed by atoms with van der Waals surface area (Å²) in [4.78, 5) is 20.3. The molecule has 0 N–H and O–H groups in total. The van der Waals surface area contributed by atoms with E-state index in [2.05, 4.69) is 0 Å². The van der Waals surface area contributed by atoms with E-state index in [0.29, 0.717) is 12.8 Å². The molecule has 1 aliphatic carbocycles. The van der Waals surface area contributed by atoms with Gasteiger partial charge in [-0.15, -0.1) is 0 Å². The molecule has 80 valence electrons. The maximum absolute atomic E-state index is 10.6. The summed E-state index contributed by atoms with van der Waals surface area (Å²) in [5, 5.41) is 21.3. The van der Waals surface area contributed by atoms with Crippen molar-refractivity contribution in [2.75, 3.05) is 0 Å². The third-order valence-electron chi connectivity index (χ3n) is 2.74. The normalized spacial score (nSPS) is 28.9. The minimum Gasteiger partial charge on any atom is -0.264 e. The SMILES string of the molecule is O=[N+]([O-])C1CCCCCCC1[N+](=O)[O-]. The standard InChI is InChI=1S/C8H14N2O4/c11-9(12)7-5-3-1-2-4-6-8(7)10(13)14/h7-8H,1-6H2. The first-order valence-corrected chi connectivity index (χ1v) is 4.90. The Morgan fingerprint density at radius 3 is 1.43 bits per heavy atom. The summed E-state index contributed by atoms with van der Waals surface area (Å²) in [6.07, 6.45) is 4.06. The second kappa shape index (κ2) is 4.88. The molecule has 1 fully saturated rings. The van der Waals surface area contributed by atoms with E-state index in [1.807, 2.05) is 0 Å². The van der Waals surface area contributed by atoms with Crippen LogP contribution in [-0.4, -0.2) is 21.9 Å². The van der Waals surface area contributed by atoms with Crippen LogP contribution >= 0.6 is 0 Å². The highest BCUT2D eigenvalue weighted by molar-refractivity contribution is 4.72. The van der Waals surface area contributed by atoms with E-state index in [1.165, 1.54) is 0 Å². The van der Waals surface area contributed by atoms with Crippen molar-refractivity contribution >= 4 is 0 Å². The minimum absolute atomic E-state index is 0.346. The van der Waals surface area contributed by atoms with Crippen LogP contribution in [0.15, 0.2) is 0 Å². The molecule has 0 radical (unpaired) electrons. The summed E-state index contributed by atoms with van der Waals surface area (Å²) < 4.78 is 0. The molecule has 0 amide bonds. The Morgan fingerprint density at radius 2 is 1.14 bits per heavy atom. The average molecular weight is 202 g/mol. The Hall–Kier alpha value is -1.20. The summed E-state index contributed by atoms with van der Waals surface area (Å²) in [6.45, 7) is 0. The highest BCUT2D eigenvalue weighted by atomic mass is 16.6. The summed E-state index contributed by atoms with van der Waals surface area (Å²) in [5.74, 6) is 0. The molecular formula is C8H14N2O4. The van der Waals surface area contributed by atoms with Crippen LogP contribution in [0.25, 0.3) is 0 Å². The molecule has 0 aliphatic heterocycles. The molecule has 2 atom stereocenters. The van der Waals surface area contributed by atoms with Crippen molar-refractivity contribution in [2.45, 2.75) is 50.6 Å². The van der Waals surface area contributed by atoms with Gasteiger partial charge in [0.05, 0.1) is 0 Å². The van der Waals surface area contributed by atoms with Crippen molar-refractivity contribution in [1.29, 1.82) is 0 Å². The molecule has 0 aromatic rings. The third-order valence-corrected chi connectivity index (χ3v) is 2.74. The zero-order valence-electron chi connectivity index (χ0n) is 7.92. The van der Waals surface area contributed by atoms with Crippen LogP contribution < -0.4 is 0 Å². The van der Waals surface area contributed by atoms with Gasteiger partial charge in [0, 0.05) is 22.7 Å². The maximum atomic E-state index is 10.6. The van der Waals surface area contributed by atoms with E-state index < -0.39 is 21.9 Å². The predicted octanol–water partition coefficient (Wildman–Crippen LogP) is 1.63. The maximum Gasteiger partial charge on any atom is 0.279 e. The van der Waals surface area contributed by atoms with E-state index in [1.54, 1.807) is 0 Å². The van der Waals surface area contributed by atoms with Gasteiger partial charge in [-0.1, -0.05) is 12.8 Å². The van der Waals surface area contributed by atoms with Crippen LogP contribution in [0.1, 0.15) is 38.5 Å². The van der Waals surface area contributed by atoms with Crippen molar-refractivity contribution in [1.82, 2.24) is 0 Å². The number of nitro groups is 2. The van der Waals surface area contributed by atoms with Crippen LogP contribution in [0.5, 0.6) is 0 Å². The fourth-order valence-corrected chi connectivity index (χ4v) is 1.94. The van der Waals surface area contributed by atoms with Gasteiger partial charge in [-0.25, -0.2) is 0 Å². The van der Waals surface area contributed by atoms with Crippen molar-refractivity contribution in [3.05, 3.63) is 20.2 Å². The van der Waals surface area contributed by atoms with Crippen molar-refractivity contribution in [3.8, 4) is 0 Å². The monoisotopic (exact) mass is 202 g/mol. The molecule has 6 nitrogen and oxygen atoms in total. The Kier molecular flexibility index (Phi) is 3.79. The van der Waals surface area contributed by atoms with E-state index in [0.717, 1.165) is 25.7 Å². The Morgan fingerprint density at radius 1 is 0.786 bits per heavy atom. The lowest BCUT2D eigenvalue weighted by atomic mass is 9.93. The van der Waals surface area contributed by atoms with Crippen molar-refractivity contribution in [2.24, 2.45) is 0 Å². The van der Waals surface area contributed by atoms with Crippen molar-refractivity contribution in [3.63, 3.8) is 0 Å². The van der Waals surface area contributed by atoms with E-state index >= 15 is 0 Å². The van der Waals surface area contributed by atoms with E-state index in [4.69, 9.17) is 0 Å². The molecule has 1 rings (SSSR count). The minimum atomic E-state index is -0.981. The fourth-order valence-electron chi connectivity index (χ4n) is 1.94. The highest BCUT2D eigenvalue weighted by Gasteiger charge is 2.40. The lowest BCUT2D eigenvalue weighted by Crippen LogP contribution is -2.40. The molecule has 1 aliphatic rings. The molecule has 2 unspecified atom stereocenters. The first-order valence-electron chi connectivity index (χ1n) is 4.90. The average Bonchev–Trinajstić information content (AvgIpc) is 2.01. The second-order valence-electron chi connectivity index (χ2n) is 3.70. The molecule has 0 aromatic heterocycles. The Bertz CT molecular complexity index is 207. The van der Waals surface area contributed by atoms with Gasteiger partial charge in [-0.05, 0) is 12.8 Å². The largest absolute Gasteiger partial charge is 0.279 e. The summed E-state index contributed by atoms with van der Waals surface area (Å²) >= 11 is 0. The van der Waals surface area contributed by atoms with Gasteiger partial charge >= 0.3 is 0 Å². The Labute approximate surface area is 81.6 Å². The van der Waals surface area contributed by atoms with E-state index in [9.17, 15) is 20.2 Å². The number of nitrogens with zero attached hydrogens (tertiary/aromatic N) is 2. The highest BCUT2D eigenvalue weighted by Crippen LogP contribution is 2.21. The zero-order chi connectivity index (χ0) is 10.6. The van der Waals surface area contributed by atoms with Crippen LogP contribution in [0.2, 0.25) is 0 Å². The molecule has 6 heteroatoms. The molecule has 0 saturated heterocycles. The van der Waals surface area contributed by atoms with Crippen molar-refractivity contribution < 1.29 is 9.85 Å². The van der Waals surface area contributed by atoms with Gasteiger partial charge in [0.25, 0.3) is 12.1 Å². The van der Waals surface area contributed by atoms with E-state index in [-0.39, 0.29) is 0 Å². The second-order valence-corrected chi connectivity index (χ2v) is 3.70. The Balaban J connectivity index is 2.70. The van der Waals surface area contributed by atoms with Crippen LogP contribution in [0.3, 0.4) is 0 Å². The first-order chi connectivity index (χ1) is 6.63. The molecule has 0 spiro atoms. The lowest BCUT2D eigenvalue weighted by Gasteiger charge is -2.16. The number of rotatable bonds is 2. The van der Waals surface area contributed by atoms with Gasteiger partial charge < -0.3 is 0 Å². The summed E-state index contributed by atoms with van der Waals surface area (Å²) in [5.41, 5.74) is 0. The van der Waals surface area contributed by atoms with Crippen LogP contribution in [-0.2, 0) is 0 Å². The topological polar surface area (TPSA) is 86.3 Å². The van der Waals surface area contributed by atoms with Gasteiger partial charge in [0.2, 0.25) is 0 Å². The third kappa shape index (κ3) is 2.65. The summed E-state index contributed by atoms with van der Waals surface area (Å²) in [6, 6.07) is -1.96. The number of hydrogen-bond acceptors (Lipinski definition) is 4. The lowest BCUT2D eigenvalue weighted by molar-refractivity contribution is -0.619. The van der Waals surface area contributed by atoms with Crippen LogP contribution in [0, 0.1) is 20.2 Å². The van der Waals surface area contributed by atoms with Gasteiger partial charge in [-0.2, -0.15) is 0 Å². The summed E-state index contributed by atoms with van der Waals surface area (Å²) in [7, 11) is 0. The zero-order valence-corrected chi connectivity index (χ0v) is 7.92. The predicted molar refractivity (Wildman–Crippen MR) is 49.3 cm³/mol. The molecule has 14 heavy (non-hydrogen) atoms. The molecular weight excluding hydrogens is 188 g/mol. The molecule has 1 saturated carbocycles. The quantitative estimate of drug-likeness (QED) is 0.503.